The molecule has 10 nitrogen and oxygen atoms in total. The molecule has 200 valence electrons. The zero-order valence-electron chi connectivity index (χ0n) is 20.0. The molecule has 2 aromatic rings. The fourth-order valence-corrected chi connectivity index (χ4v) is 4.00. The highest BCUT2D eigenvalue weighted by Crippen LogP contribution is 2.44. The highest BCUT2D eigenvalue weighted by atomic mass is 31.2. The molecular formula is C22H29F3N3O7P. The van der Waals surface area contributed by atoms with Gasteiger partial charge in [-0.25, -0.2) is 18.7 Å². The number of halogens is 3. The summed E-state index contributed by atoms with van der Waals surface area (Å²) in [4.78, 5) is 35.6. The molecule has 1 aromatic carbocycles. The lowest BCUT2D eigenvalue weighted by atomic mass is 10.0. The molecule has 36 heavy (non-hydrogen) atoms. The Morgan fingerprint density at radius 2 is 1.97 bits per heavy atom. The number of benzene rings is 1. The molecule has 3 rings (SSSR count). The Kier molecular flexibility index (Phi) is 11.7. The average Bonchev–Trinajstić information content (AvgIpc) is 3.29. The van der Waals surface area contributed by atoms with Crippen molar-refractivity contribution >= 4 is 14.8 Å². The van der Waals surface area contributed by atoms with Crippen molar-refractivity contribution in [2.45, 2.75) is 51.0 Å². The predicted octanol–water partition coefficient (Wildman–Crippen LogP) is 3.14. The second-order valence-corrected chi connectivity index (χ2v) is 9.14. The second kappa shape index (κ2) is 14.2. The van der Waals surface area contributed by atoms with Crippen molar-refractivity contribution in [2.24, 2.45) is 0 Å². The number of aromatic nitrogens is 2. The highest BCUT2D eigenvalue weighted by Gasteiger charge is 2.49. The number of para-hydroxylation sites is 1. The lowest BCUT2D eigenvalue weighted by Gasteiger charge is -2.30. The molecule has 0 saturated carbocycles. The molecule has 0 spiro atoms. The average molecular weight is 535 g/mol. The van der Waals surface area contributed by atoms with Crippen molar-refractivity contribution in [3.63, 3.8) is 0 Å². The van der Waals surface area contributed by atoms with Crippen molar-refractivity contribution in [1.82, 2.24) is 14.6 Å². The Morgan fingerprint density at radius 1 is 1.31 bits per heavy atom. The molecule has 1 aromatic heterocycles. The molecular weight excluding hydrogens is 506 g/mol. The highest BCUT2D eigenvalue weighted by molar-refractivity contribution is 7.45. The summed E-state index contributed by atoms with van der Waals surface area (Å²) in [7, 11) is -0.271. The summed E-state index contributed by atoms with van der Waals surface area (Å²) >= 11 is 0. The molecule has 3 unspecified atom stereocenters. The van der Waals surface area contributed by atoms with Crippen LogP contribution in [-0.2, 0) is 18.8 Å². The van der Waals surface area contributed by atoms with Gasteiger partial charge in [0.05, 0.1) is 25.5 Å². The van der Waals surface area contributed by atoms with Crippen LogP contribution in [0.4, 0.5) is 13.2 Å². The van der Waals surface area contributed by atoms with E-state index >= 15 is 0 Å². The normalized spacial score (nSPS) is 20.2. The third-order valence-corrected chi connectivity index (χ3v) is 6.13. The molecule has 0 aliphatic carbocycles. The molecule has 1 fully saturated rings. The van der Waals surface area contributed by atoms with Crippen molar-refractivity contribution < 1.29 is 36.5 Å². The van der Waals surface area contributed by atoms with E-state index in [1.54, 1.807) is 42.4 Å². The number of aromatic amines is 1. The van der Waals surface area contributed by atoms with E-state index in [1.165, 1.54) is 0 Å². The number of carbonyl (C=O) groups excluding carboxylic acids is 1. The molecule has 14 heteroatoms. The first-order valence-electron chi connectivity index (χ1n) is 10.9. The van der Waals surface area contributed by atoms with E-state index in [1.807, 2.05) is 13.8 Å². The number of aldehydes is 1. The molecule has 0 radical (unpaired) electrons. The Bertz CT molecular complexity index is 1070. The maximum atomic E-state index is 13.9. The van der Waals surface area contributed by atoms with Gasteiger partial charge in [0.2, 0.25) is 5.82 Å². The monoisotopic (exact) mass is 535 g/mol. The van der Waals surface area contributed by atoms with E-state index in [2.05, 4.69) is 5.09 Å². The minimum Gasteiger partial charge on any atom is -0.436 e. The van der Waals surface area contributed by atoms with E-state index in [0.29, 0.717) is 24.3 Å². The lowest BCUT2D eigenvalue weighted by Crippen LogP contribution is -2.43. The largest absolute Gasteiger partial charge is 0.436 e. The van der Waals surface area contributed by atoms with Crippen LogP contribution in [0.2, 0.25) is 0 Å². The molecule has 0 amide bonds. The van der Waals surface area contributed by atoms with Crippen LogP contribution < -0.4 is 20.9 Å². The molecule has 1 aliphatic heterocycles. The van der Waals surface area contributed by atoms with Crippen molar-refractivity contribution in [3.05, 3.63) is 63.2 Å². The topological polar surface area (TPSA) is 121 Å². The number of carbonyl (C=O) groups is 1. The van der Waals surface area contributed by atoms with Crippen LogP contribution in [-0.4, -0.2) is 54.2 Å². The number of rotatable bonds is 11. The van der Waals surface area contributed by atoms with Crippen LogP contribution in [0.1, 0.15) is 32.9 Å². The van der Waals surface area contributed by atoms with Crippen molar-refractivity contribution in [2.75, 3.05) is 20.3 Å². The minimum absolute atomic E-state index is 0.0433. The second-order valence-electron chi connectivity index (χ2n) is 7.87. The Balaban J connectivity index is 0.000000830. The molecule has 0 bridgehead atoms. The molecule has 3 atom stereocenters. The Hall–Kier alpha value is -2.57. The van der Waals surface area contributed by atoms with E-state index in [9.17, 15) is 27.6 Å². The van der Waals surface area contributed by atoms with Gasteiger partial charge in [-0.1, -0.05) is 18.2 Å². The fourth-order valence-electron chi connectivity index (χ4n) is 2.92. The fraction of sp³-hybridized carbons (Fsp3) is 0.500. The van der Waals surface area contributed by atoms with E-state index in [0.717, 1.165) is 4.57 Å². The zero-order valence-corrected chi connectivity index (χ0v) is 20.9. The first kappa shape index (κ1) is 29.7. The Morgan fingerprint density at radius 3 is 2.56 bits per heavy atom. The quantitative estimate of drug-likeness (QED) is 0.333. The summed E-state index contributed by atoms with van der Waals surface area (Å²) in [5.74, 6) is -0.842. The summed E-state index contributed by atoms with van der Waals surface area (Å²) in [5.41, 5.74) is -4.29. The predicted molar refractivity (Wildman–Crippen MR) is 126 cm³/mol. The number of hydrogen-bond acceptors (Lipinski definition) is 8. The number of ether oxygens (including phenoxy) is 2. The standard InChI is InChI=1S/C18H19F3N3O6P.C4H10O/c19-13-10-24(17(27)23-15(13)26)14-6-7-18(29-14,16(20)21)11-28-31(22-8-9-25)30-12-4-2-1-3-5-12;1-4(2)5-3/h1-5,9-10,14,16,22H,6-8,11H2,(H,23,26,27);4H,1-3H3. The van der Waals surface area contributed by atoms with Crippen LogP contribution in [0, 0.1) is 5.82 Å². The number of nitrogens with one attached hydrogen (secondary N) is 2. The molecule has 1 aliphatic rings. The summed E-state index contributed by atoms with van der Waals surface area (Å²) in [5, 5.41) is 2.67. The van der Waals surface area contributed by atoms with Gasteiger partial charge in [0.15, 0.2) is 5.60 Å². The van der Waals surface area contributed by atoms with Gasteiger partial charge in [0.1, 0.15) is 18.3 Å². The summed E-state index contributed by atoms with van der Waals surface area (Å²) in [6.07, 6.45) is -2.90. The molecule has 1 saturated heterocycles. The molecule has 2 N–H and O–H groups in total. The number of methoxy groups -OCH3 is 1. The summed E-state index contributed by atoms with van der Waals surface area (Å²) in [6.45, 7) is 3.25. The number of H-pyrrole nitrogens is 1. The van der Waals surface area contributed by atoms with Crippen LogP contribution in [0.25, 0.3) is 0 Å². The lowest BCUT2D eigenvalue weighted by molar-refractivity contribution is -0.165. The van der Waals surface area contributed by atoms with Gasteiger partial charge in [-0.05, 0) is 38.8 Å². The summed E-state index contributed by atoms with van der Waals surface area (Å²) < 4.78 is 63.4. The first-order valence-corrected chi connectivity index (χ1v) is 12.1. The molecule has 2 heterocycles. The Labute approximate surface area is 206 Å². The van der Waals surface area contributed by atoms with E-state index < -0.39 is 50.5 Å². The number of alkyl halides is 2. The van der Waals surface area contributed by atoms with Gasteiger partial charge in [-0.3, -0.25) is 14.3 Å². The van der Waals surface area contributed by atoms with Crippen LogP contribution in [0.3, 0.4) is 0 Å². The van der Waals surface area contributed by atoms with Gasteiger partial charge < -0.3 is 23.3 Å². The van der Waals surface area contributed by atoms with Crippen LogP contribution >= 0.6 is 8.53 Å². The number of hydrogen-bond donors (Lipinski definition) is 2. The van der Waals surface area contributed by atoms with Crippen LogP contribution in [0.5, 0.6) is 5.75 Å². The van der Waals surface area contributed by atoms with E-state index in [-0.39, 0.29) is 19.4 Å². The van der Waals surface area contributed by atoms with E-state index in [4.69, 9.17) is 18.5 Å². The summed E-state index contributed by atoms with van der Waals surface area (Å²) in [6, 6.07) is 8.42. The van der Waals surface area contributed by atoms with Crippen molar-refractivity contribution in [1.29, 1.82) is 0 Å². The first-order chi connectivity index (χ1) is 17.1. The van der Waals surface area contributed by atoms with Gasteiger partial charge in [-0.2, -0.15) is 4.39 Å². The SMILES string of the molecule is COC(C)C.O=CCNP(OCC1(C(F)F)CCC(n2cc(F)c(=O)[nH]c2=O)O1)Oc1ccccc1. The smallest absolute Gasteiger partial charge is 0.330 e. The third kappa shape index (κ3) is 8.52. The minimum atomic E-state index is -3.00. The van der Waals surface area contributed by atoms with Gasteiger partial charge >= 0.3 is 14.2 Å². The maximum Gasteiger partial charge on any atom is 0.330 e. The van der Waals surface area contributed by atoms with Crippen molar-refractivity contribution in [3.8, 4) is 5.75 Å². The van der Waals surface area contributed by atoms with Gasteiger partial charge in [-0.15, -0.1) is 0 Å². The van der Waals surface area contributed by atoms with Gasteiger partial charge in [0, 0.05) is 7.11 Å². The zero-order chi connectivity index (χ0) is 26.7. The maximum absolute atomic E-state index is 13.9. The van der Waals surface area contributed by atoms with Gasteiger partial charge in [0.25, 0.3) is 12.0 Å². The third-order valence-electron chi connectivity index (χ3n) is 4.95. The van der Waals surface area contributed by atoms with Crippen LogP contribution in [0.15, 0.2) is 46.1 Å². The number of nitrogens with zero attached hydrogens (tertiary/aromatic N) is 1.